The summed E-state index contributed by atoms with van der Waals surface area (Å²) in [5.41, 5.74) is -0.946. The molecule has 2 rings (SSSR count). The predicted molar refractivity (Wildman–Crippen MR) is 67.3 cm³/mol. The number of nitrogens with zero attached hydrogens (tertiary/aromatic N) is 2. The minimum Gasteiger partial charge on any atom is -0.394 e. The van der Waals surface area contributed by atoms with Gasteiger partial charge in [-0.05, 0) is 6.92 Å². The Morgan fingerprint density at radius 3 is 2.75 bits per heavy atom. The number of halogens is 1. The van der Waals surface area contributed by atoms with Crippen LogP contribution in [0.2, 0.25) is 0 Å². The van der Waals surface area contributed by atoms with Gasteiger partial charge in [0.1, 0.15) is 19.0 Å². The lowest BCUT2D eigenvalue weighted by Gasteiger charge is -2.17. The molecule has 2 N–H and O–H groups in total. The summed E-state index contributed by atoms with van der Waals surface area (Å²) in [7, 11) is 0. The third-order valence-electron chi connectivity index (χ3n) is 3.37. The van der Waals surface area contributed by atoms with Crippen molar-refractivity contribution in [2.24, 2.45) is 0 Å². The first-order valence-electron chi connectivity index (χ1n) is 6.32. The summed E-state index contributed by atoms with van der Waals surface area (Å²) >= 11 is 0. The van der Waals surface area contributed by atoms with Crippen molar-refractivity contribution in [2.75, 3.05) is 13.3 Å². The van der Waals surface area contributed by atoms with Crippen LogP contribution in [-0.4, -0.2) is 44.8 Å². The van der Waals surface area contributed by atoms with Crippen LogP contribution >= 0.6 is 0 Å². The first-order chi connectivity index (χ1) is 9.49. The SMILES string of the molecule is Cc1cn(C2C[C@H](O)[C@@H](CO)O2)c(=O)n(CC[18F])c1=O. The van der Waals surface area contributed by atoms with Crippen molar-refractivity contribution in [1.29, 1.82) is 0 Å². The van der Waals surface area contributed by atoms with Gasteiger partial charge in [0.2, 0.25) is 0 Å². The quantitative estimate of drug-likeness (QED) is 0.735. The second-order valence-electron chi connectivity index (χ2n) is 4.76. The number of rotatable bonds is 4. The van der Waals surface area contributed by atoms with Gasteiger partial charge in [0.25, 0.3) is 5.56 Å². The van der Waals surface area contributed by atoms with Crippen molar-refractivity contribution in [3.05, 3.63) is 32.6 Å². The van der Waals surface area contributed by atoms with E-state index in [9.17, 15) is 19.1 Å². The summed E-state index contributed by atoms with van der Waals surface area (Å²) in [5, 5.41) is 18.7. The Balaban J connectivity index is 2.43. The topological polar surface area (TPSA) is 93.7 Å². The van der Waals surface area contributed by atoms with E-state index < -0.39 is 36.4 Å². The highest BCUT2D eigenvalue weighted by Crippen LogP contribution is 2.27. The number of aryl methyl sites for hydroxylation is 1. The van der Waals surface area contributed by atoms with Crippen LogP contribution in [0, 0.1) is 6.92 Å². The van der Waals surface area contributed by atoms with E-state index in [1.165, 1.54) is 13.1 Å². The van der Waals surface area contributed by atoms with Crippen LogP contribution in [0.4, 0.5) is 4.39 Å². The van der Waals surface area contributed by atoms with Gasteiger partial charge in [0.05, 0.1) is 19.3 Å². The van der Waals surface area contributed by atoms with Gasteiger partial charge in [0, 0.05) is 18.2 Å². The van der Waals surface area contributed by atoms with E-state index in [0.29, 0.717) is 0 Å². The molecule has 1 aliphatic rings. The molecule has 0 amide bonds. The Morgan fingerprint density at radius 1 is 1.50 bits per heavy atom. The van der Waals surface area contributed by atoms with E-state index in [2.05, 4.69) is 0 Å². The molecule has 112 valence electrons. The Labute approximate surface area is 113 Å². The maximum absolute atomic E-state index is 12.4. The molecule has 0 spiro atoms. The zero-order valence-electron chi connectivity index (χ0n) is 11.0. The van der Waals surface area contributed by atoms with Crippen molar-refractivity contribution < 1.29 is 19.3 Å². The molecule has 8 heteroatoms. The van der Waals surface area contributed by atoms with Gasteiger partial charge in [-0.3, -0.25) is 13.9 Å². The summed E-state index contributed by atoms with van der Waals surface area (Å²) < 4.78 is 19.8. The molecule has 3 atom stereocenters. The van der Waals surface area contributed by atoms with Crippen molar-refractivity contribution in [3.8, 4) is 0 Å². The lowest BCUT2D eigenvalue weighted by atomic mass is 10.2. The number of alkyl halides is 1. The van der Waals surface area contributed by atoms with E-state index in [1.807, 2.05) is 0 Å². The average Bonchev–Trinajstić information content (AvgIpc) is 2.80. The van der Waals surface area contributed by atoms with Gasteiger partial charge >= 0.3 is 5.69 Å². The van der Waals surface area contributed by atoms with Crippen LogP contribution in [0.3, 0.4) is 0 Å². The molecule has 0 bridgehead atoms. The van der Waals surface area contributed by atoms with Gasteiger partial charge in [-0.25, -0.2) is 9.18 Å². The second kappa shape index (κ2) is 5.86. The third-order valence-corrected chi connectivity index (χ3v) is 3.37. The third kappa shape index (κ3) is 2.54. The molecule has 1 fully saturated rings. The van der Waals surface area contributed by atoms with Crippen LogP contribution < -0.4 is 11.2 Å². The summed E-state index contributed by atoms with van der Waals surface area (Å²) in [5.74, 6) is 0. The molecule has 1 aliphatic heterocycles. The molecule has 0 aromatic carbocycles. The molecule has 7 nitrogen and oxygen atoms in total. The van der Waals surface area contributed by atoms with Crippen molar-refractivity contribution >= 4 is 0 Å². The molecular weight excluding hydrogens is 270 g/mol. The molecule has 2 heterocycles. The molecule has 1 saturated heterocycles. The Kier molecular flexibility index (Phi) is 4.36. The zero-order chi connectivity index (χ0) is 14.9. The van der Waals surface area contributed by atoms with Gasteiger partial charge in [-0.15, -0.1) is 0 Å². The number of aromatic nitrogens is 2. The number of hydrogen-bond donors (Lipinski definition) is 2. The van der Waals surface area contributed by atoms with Gasteiger partial charge in [-0.1, -0.05) is 0 Å². The highest BCUT2D eigenvalue weighted by atomic mass is 18.2. The van der Waals surface area contributed by atoms with Gasteiger partial charge in [-0.2, -0.15) is 0 Å². The maximum atomic E-state index is 12.4. The van der Waals surface area contributed by atoms with Crippen molar-refractivity contribution in [2.45, 2.75) is 38.3 Å². The van der Waals surface area contributed by atoms with E-state index in [-0.39, 0.29) is 25.1 Å². The molecule has 0 saturated carbocycles. The lowest BCUT2D eigenvalue weighted by molar-refractivity contribution is -0.0464. The molecule has 1 aromatic rings. The second-order valence-corrected chi connectivity index (χ2v) is 4.76. The number of aliphatic hydroxyl groups is 2. The highest BCUT2D eigenvalue weighted by molar-refractivity contribution is 5.04. The zero-order valence-corrected chi connectivity index (χ0v) is 11.0. The van der Waals surface area contributed by atoms with Crippen LogP contribution in [0.5, 0.6) is 0 Å². The molecule has 20 heavy (non-hydrogen) atoms. The Hall–Kier alpha value is -1.51. The van der Waals surface area contributed by atoms with Crippen LogP contribution in [-0.2, 0) is 11.3 Å². The van der Waals surface area contributed by atoms with Crippen molar-refractivity contribution in [1.82, 2.24) is 9.13 Å². The Morgan fingerprint density at radius 2 is 2.20 bits per heavy atom. The molecule has 1 aromatic heterocycles. The fourth-order valence-electron chi connectivity index (χ4n) is 2.30. The monoisotopic (exact) mass is 287 g/mol. The normalized spacial score (nSPS) is 26.1. The predicted octanol–water partition coefficient (Wildman–Crippen LogP) is -1.07. The summed E-state index contributed by atoms with van der Waals surface area (Å²) in [6.45, 7) is 0.00148. The number of aliphatic hydroxyl groups excluding tert-OH is 2. The number of hydrogen-bond acceptors (Lipinski definition) is 5. The first kappa shape index (κ1) is 14.9. The fraction of sp³-hybridized carbons (Fsp3) is 0.667. The van der Waals surface area contributed by atoms with Crippen LogP contribution in [0.1, 0.15) is 18.2 Å². The van der Waals surface area contributed by atoms with E-state index in [4.69, 9.17) is 9.84 Å². The summed E-state index contributed by atoms with van der Waals surface area (Å²) in [6.07, 6.45) is -0.984. The summed E-state index contributed by atoms with van der Waals surface area (Å²) in [6, 6.07) is 0. The minimum absolute atomic E-state index is 0.123. The largest absolute Gasteiger partial charge is 0.394 e. The van der Waals surface area contributed by atoms with Crippen molar-refractivity contribution in [3.63, 3.8) is 0 Å². The minimum atomic E-state index is -0.890. The lowest BCUT2D eigenvalue weighted by Crippen LogP contribution is -2.42. The Bertz CT molecular complexity index is 596. The number of ether oxygens (including phenoxy) is 1. The smallest absolute Gasteiger partial charge is 0.333 e. The van der Waals surface area contributed by atoms with Crippen LogP contribution in [0.25, 0.3) is 0 Å². The molecular formula is C12H17FN2O5. The first-order valence-corrected chi connectivity index (χ1v) is 6.32. The van der Waals surface area contributed by atoms with E-state index in [0.717, 1.165) is 9.13 Å². The summed E-state index contributed by atoms with van der Waals surface area (Å²) in [4.78, 5) is 23.9. The maximum Gasteiger partial charge on any atom is 0.333 e. The van der Waals surface area contributed by atoms with Crippen LogP contribution in [0.15, 0.2) is 15.8 Å². The molecule has 0 radical (unpaired) electrons. The molecule has 1 unspecified atom stereocenters. The standard InChI is InChI=1S/C12H17FN2O5/c1-7-5-15(10-4-8(17)9(6-16)20-10)12(19)14(3-2-13)11(7)18/h5,8-10,16-17H,2-4,6H2,1H3/t8-,9+,10?/m0/s1/i13-1. The van der Waals surface area contributed by atoms with E-state index >= 15 is 0 Å². The molecule has 0 aliphatic carbocycles. The fourth-order valence-corrected chi connectivity index (χ4v) is 2.30. The van der Waals surface area contributed by atoms with Gasteiger partial charge in [0.15, 0.2) is 0 Å². The van der Waals surface area contributed by atoms with E-state index in [1.54, 1.807) is 0 Å². The average molecular weight is 287 g/mol. The highest BCUT2D eigenvalue weighted by Gasteiger charge is 2.35. The van der Waals surface area contributed by atoms with Gasteiger partial charge < -0.3 is 14.9 Å².